The Morgan fingerprint density at radius 2 is 2.22 bits per heavy atom. The molecule has 2 rings (SSSR count). The van der Waals surface area contributed by atoms with Crippen LogP contribution in [0.5, 0.6) is 0 Å². The number of benzene rings is 1. The summed E-state index contributed by atoms with van der Waals surface area (Å²) in [5.41, 5.74) is 5.57. The first-order valence-corrected chi connectivity index (χ1v) is 6.39. The highest BCUT2D eigenvalue weighted by atomic mass is 19.1. The molecule has 3 N–H and O–H groups in total. The third kappa shape index (κ3) is 2.55. The van der Waals surface area contributed by atoms with Crippen molar-refractivity contribution in [3.05, 3.63) is 35.6 Å². The molecule has 0 aromatic heterocycles. The molecule has 3 nitrogen and oxygen atoms in total. The van der Waals surface area contributed by atoms with Crippen molar-refractivity contribution < 1.29 is 14.2 Å². The standard InChI is InChI=1S/C14H20FNO2/c15-13-6-2-1-5-12(13)14(9-16,10-17)8-11-4-3-7-18-11/h1-2,5-6,11,17H,3-4,7-10,16H2. The molecule has 2 atom stereocenters. The van der Waals surface area contributed by atoms with Gasteiger partial charge in [-0.05, 0) is 30.9 Å². The van der Waals surface area contributed by atoms with E-state index in [1.807, 2.05) is 0 Å². The van der Waals surface area contributed by atoms with Crippen LogP contribution in [-0.4, -0.2) is 31.0 Å². The number of aliphatic hydroxyl groups is 1. The van der Waals surface area contributed by atoms with Crippen molar-refractivity contribution in [3.8, 4) is 0 Å². The topological polar surface area (TPSA) is 55.5 Å². The van der Waals surface area contributed by atoms with Crippen molar-refractivity contribution in [2.24, 2.45) is 5.73 Å². The van der Waals surface area contributed by atoms with Gasteiger partial charge in [0.15, 0.2) is 0 Å². The van der Waals surface area contributed by atoms with Gasteiger partial charge in [0.2, 0.25) is 0 Å². The lowest BCUT2D eigenvalue weighted by molar-refractivity contribution is 0.0646. The molecular formula is C14H20FNO2. The molecule has 18 heavy (non-hydrogen) atoms. The fourth-order valence-electron chi connectivity index (χ4n) is 2.65. The Morgan fingerprint density at radius 1 is 1.44 bits per heavy atom. The van der Waals surface area contributed by atoms with E-state index in [1.54, 1.807) is 18.2 Å². The van der Waals surface area contributed by atoms with Crippen molar-refractivity contribution in [1.82, 2.24) is 0 Å². The summed E-state index contributed by atoms with van der Waals surface area (Å²) < 4.78 is 19.5. The zero-order chi connectivity index (χ0) is 13.0. The Balaban J connectivity index is 2.27. The monoisotopic (exact) mass is 253 g/mol. The van der Waals surface area contributed by atoms with Gasteiger partial charge in [-0.15, -0.1) is 0 Å². The predicted octanol–water partition coefficient (Wildman–Crippen LogP) is 1.58. The average Bonchev–Trinajstić information content (AvgIpc) is 2.90. The second-order valence-electron chi connectivity index (χ2n) is 4.96. The fourth-order valence-corrected chi connectivity index (χ4v) is 2.65. The summed E-state index contributed by atoms with van der Waals surface area (Å²) in [5, 5.41) is 9.71. The van der Waals surface area contributed by atoms with Crippen LogP contribution in [0.15, 0.2) is 24.3 Å². The summed E-state index contributed by atoms with van der Waals surface area (Å²) in [6.07, 6.45) is 2.62. The first-order valence-electron chi connectivity index (χ1n) is 6.39. The molecule has 2 unspecified atom stereocenters. The Morgan fingerprint density at radius 3 is 2.78 bits per heavy atom. The number of rotatable bonds is 5. The van der Waals surface area contributed by atoms with E-state index in [0.29, 0.717) is 12.0 Å². The zero-order valence-corrected chi connectivity index (χ0v) is 10.4. The van der Waals surface area contributed by atoms with Crippen molar-refractivity contribution in [2.45, 2.75) is 30.8 Å². The van der Waals surface area contributed by atoms with Crippen LogP contribution in [0, 0.1) is 5.82 Å². The highest BCUT2D eigenvalue weighted by Gasteiger charge is 2.36. The molecule has 1 aromatic rings. The normalized spacial score (nSPS) is 22.9. The third-order valence-electron chi connectivity index (χ3n) is 3.78. The highest BCUT2D eigenvalue weighted by Crippen LogP contribution is 2.33. The minimum absolute atomic E-state index is 0.0697. The van der Waals surface area contributed by atoms with Crippen LogP contribution in [0.3, 0.4) is 0 Å². The van der Waals surface area contributed by atoms with E-state index in [0.717, 1.165) is 19.4 Å². The van der Waals surface area contributed by atoms with Gasteiger partial charge < -0.3 is 15.6 Å². The summed E-state index contributed by atoms with van der Waals surface area (Å²) >= 11 is 0. The Bertz CT molecular complexity index is 387. The van der Waals surface area contributed by atoms with Crippen molar-refractivity contribution in [2.75, 3.05) is 19.8 Å². The molecule has 0 bridgehead atoms. The molecule has 0 aliphatic carbocycles. The maximum Gasteiger partial charge on any atom is 0.127 e. The van der Waals surface area contributed by atoms with Gasteiger partial charge in [0.25, 0.3) is 0 Å². The van der Waals surface area contributed by atoms with Crippen LogP contribution < -0.4 is 5.73 Å². The SMILES string of the molecule is NCC(CO)(CC1CCCO1)c1ccccc1F. The van der Waals surface area contributed by atoms with Gasteiger partial charge in [0.1, 0.15) is 5.82 Å². The van der Waals surface area contributed by atoms with Crippen LogP contribution in [0.1, 0.15) is 24.8 Å². The van der Waals surface area contributed by atoms with E-state index in [4.69, 9.17) is 10.5 Å². The van der Waals surface area contributed by atoms with Gasteiger partial charge >= 0.3 is 0 Å². The van der Waals surface area contributed by atoms with Gasteiger partial charge in [-0.2, -0.15) is 0 Å². The predicted molar refractivity (Wildman–Crippen MR) is 67.8 cm³/mol. The minimum atomic E-state index is -0.736. The molecular weight excluding hydrogens is 233 g/mol. The summed E-state index contributed by atoms with van der Waals surface area (Å²) in [6, 6.07) is 6.52. The first kappa shape index (κ1) is 13.5. The van der Waals surface area contributed by atoms with Crippen molar-refractivity contribution in [3.63, 3.8) is 0 Å². The third-order valence-corrected chi connectivity index (χ3v) is 3.78. The molecule has 1 aliphatic rings. The Labute approximate surface area is 107 Å². The molecule has 1 saturated heterocycles. The maximum atomic E-state index is 13.9. The first-order chi connectivity index (χ1) is 8.72. The van der Waals surface area contributed by atoms with Gasteiger partial charge in [-0.1, -0.05) is 18.2 Å². The highest BCUT2D eigenvalue weighted by molar-refractivity contribution is 5.28. The molecule has 1 aromatic carbocycles. The molecule has 4 heteroatoms. The summed E-state index contributed by atoms with van der Waals surface area (Å²) in [4.78, 5) is 0. The van der Waals surface area contributed by atoms with E-state index in [1.165, 1.54) is 6.07 Å². The van der Waals surface area contributed by atoms with Gasteiger partial charge in [-0.25, -0.2) is 4.39 Å². The van der Waals surface area contributed by atoms with Crippen molar-refractivity contribution in [1.29, 1.82) is 0 Å². The lowest BCUT2D eigenvalue weighted by atomic mass is 9.76. The molecule has 1 aliphatic heterocycles. The maximum absolute atomic E-state index is 13.9. The van der Waals surface area contributed by atoms with Crippen LogP contribution in [0.25, 0.3) is 0 Å². The Hall–Kier alpha value is -0.970. The molecule has 0 spiro atoms. The number of halogens is 1. The molecule has 0 radical (unpaired) electrons. The lowest BCUT2D eigenvalue weighted by Crippen LogP contribution is -2.42. The largest absolute Gasteiger partial charge is 0.395 e. The summed E-state index contributed by atoms with van der Waals surface area (Å²) in [7, 11) is 0. The minimum Gasteiger partial charge on any atom is -0.395 e. The number of aliphatic hydroxyl groups excluding tert-OH is 1. The second-order valence-corrected chi connectivity index (χ2v) is 4.96. The molecule has 1 heterocycles. The second kappa shape index (κ2) is 5.78. The lowest BCUT2D eigenvalue weighted by Gasteiger charge is -2.33. The van der Waals surface area contributed by atoms with E-state index < -0.39 is 5.41 Å². The zero-order valence-electron chi connectivity index (χ0n) is 10.4. The quantitative estimate of drug-likeness (QED) is 0.837. The number of hydrogen-bond acceptors (Lipinski definition) is 3. The molecule has 0 saturated carbocycles. The molecule has 1 fully saturated rings. The van der Waals surface area contributed by atoms with Crippen LogP contribution in [0.4, 0.5) is 4.39 Å². The number of nitrogens with two attached hydrogens (primary N) is 1. The van der Waals surface area contributed by atoms with Crippen LogP contribution >= 0.6 is 0 Å². The number of ether oxygens (including phenoxy) is 1. The van der Waals surface area contributed by atoms with E-state index >= 15 is 0 Å². The Kier molecular flexibility index (Phi) is 4.32. The van der Waals surface area contributed by atoms with Gasteiger partial charge in [0, 0.05) is 18.6 Å². The van der Waals surface area contributed by atoms with E-state index in [2.05, 4.69) is 0 Å². The van der Waals surface area contributed by atoms with Gasteiger partial charge in [-0.3, -0.25) is 0 Å². The molecule has 100 valence electrons. The summed E-state index contributed by atoms with van der Waals surface area (Å²) in [6.45, 7) is 0.794. The smallest absolute Gasteiger partial charge is 0.127 e. The van der Waals surface area contributed by atoms with E-state index in [9.17, 15) is 9.50 Å². The van der Waals surface area contributed by atoms with E-state index in [-0.39, 0.29) is 25.1 Å². The average molecular weight is 253 g/mol. The van der Waals surface area contributed by atoms with Crippen LogP contribution in [-0.2, 0) is 10.2 Å². The fraction of sp³-hybridized carbons (Fsp3) is 0.571. The molecule has 0 amide bonds. The summed E-state index contributed by atoms with van der Waals surface area (Å²) in [5.74, 6) is -0.310. The van der Waals surface area contributed by atoms with Crippen molar-refractivity contribution >= 4 is 0 Å². The van der Waals surface area contributed by atoms with Crippen LogP contribution in [0.2, 0.25) is 0 Å². The number of hydrogen-bond donors (Lipinski definition) is 2. The van der Waals surface area contributed by atoms with Gasteiger partial charge in [0.05, 0.1) is 12.7 Å².